The molecule has 6 heteroatoms. The van der Waals surface area contributed by atoms with Gasteiger partial charge in [-0.3, -0.25) is 9.59 Å². The van der Waals surface area contributed by atoms with Gasteiger partial charge in [0.25, 0.3) is 5.91 Å². The SMILES string of the molecule is COC(=O)CC(C)NC(=O)c1cnn(-c2ccccc2)c1. The lowest BCUT2D eigenvalue weighted by atomic mass is 10.2. The van der Waals surface area contributed by atoms with Gasteiger partial charge in [-0.05, 0) is 19.1 Å². The lowest BCUT2D eigenvalue weighted by Crippen LogP contribution is -2.34. The highest BCUT2D eigenvalue weighted by atomic mass is 16.5. The lowest BCUT2D eigenvalue weighted by molar-refractivity contribution is -0.141. The third-order valence-electron chi connectivity index (χ3n) is 2.94. The van der Waals surface area contributed by atoms with E-state index in [1.165, 1.54) is 13.3 Å². The number of hydrogen-bond donors (Lipinski definition) is 1. The Kier molecular flexibility index (Phi) is 4.71. The number of esters is 1. The fraction of sp³-hybridized carbons (Fsp3) is 0.267. The monoisotopic (exact) mass is 287 g/mol. The van der Waals surface area contributed by atoms with Gasteiger partial charge in [-0.2, -0.15) is 5.10 Å². The molecule has 110 valence electrons. The Labute approximate surface area is 122 Å². The first-order chi connectivity index (χ1) is 10.1. The molecule has 6 nitrogen and oxygen atoms in total. The maximum atomic E-state index is 12.1. The quantitative estimate of drug-likeness (QED) is 0.847. The van der Waals surface area contributed by atoms with E-state index in [1.807, 2.05) is 30.3 Å². The molecule has 0 saturated heterocycles. The molecule has 1 unspecified atom stereocenters. The van der Waals surface area contributed by atoms with Crippen LogP contribution in [0.4, 0.5) is 0 Å². The van der Waals surface area contributed by atoms with Crippen LogP contribution in [0.3, 0.4) is 0 Å². The summed E-state index contributed by atoms with van der Waals surface area (Å²) in [5, 5.41) is 6.89. The fourth-order valence-corrected chi connectivity index (χ4v) is 1.85. The van der Waals surface area contributed by atoms with Crippen LogP contribution in [0.1, 0.15) is 23.7 Å². The van der Waals surface area contributed by atoms with Gasteiger partial charge in [0, 0.05) is 12.2 Å². The van der Waals surface area contributed by atoms with Crippen LogP contribution in [0.15, 0.2) is 42.7 Å². The van der Waals surface area contributed by atoms with E-state index in [-0.39, 0.29) is 24.3 Å². The number of para-hydroxylation sites is 1. The number of ether oxygens (including phenoxy) is 1. The smallest absolute Gasteiger partial charge is 0.307 e. The van der Waals surface area contributed by atoms with Crippen molar-refractivity contribution >= 4 is 11.9 Å². The summed E-state index contributed by atoms with van der Waals surface area (Å²) in [6.07, 6.45) is 3.28. The van der Waals surface area contributed by atoms with Gasteiger partial charge in [-0.25, -0.2) is 4.68 Å². The molecule has 0 aliphatic heterocycles. The van der Waals surface area contributed by atoms with E-state index in [9.17, 15) is 9.59 Å². The minimum atomic E-state index is -0.359. The number of nitrogens with zero attached hydrogens (tertiary/aromatic N) is 2. The number of rotatable bonds is 5. The lowest BCUT2D eigenvalue weighted by Gasteiger charge is -2.11. The number of carbonyl (C=O) groups excluding carboxylic acids is 2. The summed E-state index contributed by atoms with van der Waals surface area (Å²) in [6.45, 7) is 1.75. The topological polar surface area (TPSA) is 73.2 Å². The summed E-state index contributed by atoms with van der Waals surface area (Å²) >= 11 is 0. The Morgan fingerprint density at radius 1 is 1.33 bits per heavy atom. The van der Waals surface area contributed by atoms with Gasteiger partial charge in [0.15, 0.2) is 0 Å². The second-order valence-corrected chi connectivity index (χ2v) is 4.66. The van der Waals surface area contributed by atoms with E-state index in [0.717, 1.165) is 5.69 Å². The largest absolute Gasteiger partial charge is 0.469 e. The third-order valence-corrected chi connectivity index (χ3v) is 2.94. The van der Waals surface area contributed by atoms with E-state index in [0.29, 0.717) is 5.56 Å². The van der Waals surface area contributed by atoms with Crippen molar-refractivity contribution < 1.29 is 14.3 Å². The minimum Gasteiger partial charge on any atom is -0.469 e. The Bertz CT molecular complexity index is 622. The van der Waals surface area contributed by atoms with Crippen LogP contribution >= 0.6 is 0 Å². The molecule has 2 rings (SSSR count). The fourth-order valence-electron chi connectivity index (χ4n) is 1.85. The van der Waals surface area contributed by atoms with E-state index < -0.39 is 0 Å². The van der Waals surface area contributed by atoms with Gasteiger partial charge >= 0.3 is 5.97 Å². The predicted octanol–water partition coefficient (Wildman–Crippen LogP) is 1.55. The second kappa shape index (κ2) is 6.69. The highest BCUT2D eigenvalue weighted by Crippen LogP contribution is 2.08. The van der Waals surface area contributed by atoms with Gasteiger partial charge in [-0.15, -0.1) is 0 Å². The molecule has 0 saturated carbocycles. The zero-order valence-electron chi connectivity index (χ0n) is 11.9. The molecule has 1 atom stereocenters. The molecule has 0 radical (unpaired) electrons. The summed E-state index contributed by atoms with van der Waals surface area (Å²) < 4.78 is 6.19. The van der Waals surface area contributed by atoms with Crippen molar-refractivity contribution in [1.82, 2.24) is 15.1 Å². The average Bonchev–Trinajstić information content (AvgIpc) is 2.97. The second-order valence-electron chi connectivity index (χ2n) is 4.66. The van der Waals surface area contributed by atoms with E-state index in [1.54, 1.807) is 17.8 Å². The van der Waals surface area contributed by atoms with Crippen LogP contribution in [0.5, 0.6) is 0 Å². The Morgan fingerprint density at radius 2 is 2.05 bits per heavy atom. The summed E-state index contributed by atoms with van der Waals surface area (Å²) in [4.78, 5) is 23.2. The normalized spacial score (nSPS) is 11.7. The van der Waals surface area contributed by atoms with E-state index in [4.69, 9.17) is 0 Å². The van der Waals surface area contributed by atoms with Gasteiger partial charge < -0.3 is 10.1 Å². The standard InChI is InChI=1S/C15H17N3O3/c1-11(8-14(19)21-2)17-15(20)12-9-16-18(10-12)13-6-4-3-5-7-13/h3-7,9-11H,8H2,1-2H3,(H,17,20). The highest BCUT2D eigenvalue weighted by molar-refractivity contribution is 5.94. The molecule has 0 aliphatic rings. The average molecular weight is 287 g/mol. The van der Waals surface area contributed by atoms with E-state index in [2.05, 4.69) is 15.2 Å². The first-order valence-electron chi connectivity index (χ1n) is 6.58. The van der Waals surface area contributed by atoms with E-state index >= 15 is 0 Å². The predicted molar refractivity (Wildman–Crippen MR) is 77.1 cm³/mol. The molecule has 1 aromatic carbocycles. The van der Waals surface area contributed by atoms with Gasteiger partial charge in [0.1, 0.15) is 0 Å². The molecule has 0 spiro atoms. The van der Waals surface area contributed by atoms with Gasteiger partial charge in [0.2, 0.25) is 0 Å². The van der Waals surface area contributed by atoms with Crippen LogP contribution in [0, 0.1) is 0 Å². The first-order valence-corrected chi connectivity index (χ1v) is 6.58. The van der Waals surface area contributed by atoms with Gasteiger partial charge in [-0.1, -0.05) is 18.2 Å². The molecule has 21 heavy (non-hydrogen) atoms. The Balaban J connectivity index is 2.01. The molecular formula is C15H17N3O3. The number of amides is 1. The zero-order valence-corrected chi connectivity index (χ0v) is 11.9. The molecule has 0 aliphatic carbocycles. The van der Waals surface area contributed by atoms with Crippen molar-refractivity contribution in [2.24, 2.45) is 0 Å². The summed E-state index contributed by atoms with van der Waals surface area (Å²) in [5.74, 6) is -0.628. The maximum absolute atomic E-state index is 12.1. The van der Waals surface area contributed by atoms with Crippen molar-refractivity contribution in [1.29, 1.82) is 0 Å². The number of nitrogens with one attached hydrogen (secondary N) is 1. The summed E-state index contributed by atoms with van der Waals surface area (Å²) in [7, 11) is 1.32. The van der Waals surface area contributed by atoms with Crippen LogP contribution in [0.25, 0.3) is 5.69 Å². The van der Waals surface area contributed by atoms with Crippen LogP contribution in [-0.4, -0.2) is 34.8 Å². The third kappa shape index (κ3) is 3.92. The maximum Gasteiger partial charge on any atom is 0.307 e. The molecule has 1 aromatic heterocycles. The van der Waals surface area contributed by atoms with Gasteiger partial charge in [0.05, 0.1) is 31.0 Å². The molecule has 1 heterocycles. The van der Waals surface area contributed by atoms with Crippen LogP contribution in [0.2, 0.25) is 0 Å². The van der Waals surface area contributed by atoms with Crippen molar-refractivity contribution in [3.63, 3.8) is 0 Å². The number of hydrogen-bond acceptors (Lipinski definition) is 4. The Hall–Kier alpha value is -2.63. The molecular weight excluding hydrogens is 270 g/mol. The summed E-state index contributed by atoms with van der Waals surface area (Å²) in [5.41, 5.74) is 1.31. The first kappa shape index (κ1) is 14.8. The summed E-state index contributed by atoms with van der Waals surface area (Å²) in [6, 6.07) is 9.20. The van der Waals surface area contributed by atoms with Crippen molar-refractivity contribution in [2.75, 3.05) is 7.11 Å². The molecule has 0 bridgehead atoms. The molecule has 1 N–H and O–H groups in total. The number of methoxy groups -OCH3 is 1. The van der Waals surface area contributed by atoms with Crippen molar-refractivity contribution in [3.05, 3.63) is 48.3 Å². The molecule has 2 aromatic rings. The molecule has 0 fully saturated rings. The van der Waals surface area contributed by atoms with Crippen molar-refractivity contribution in [2.45, 2.75) is 19.4 Å². The zero-order chi connectivity index (χ0) is 15.2. The highest BCUT2D eigenvalue weighted by Gasteiger charge is 2.15. The number of aromatic nitrogens is 2. The van der Waals surface area contributed by atoms with Crippen LogP contribution < -0.4 is 5.32 Å². The minimum absolute atomic E-state index is 0.134. The molecule has 1 amide bonds. The Morgan fingerprint density at radius 3 is 2.71 bits per heavy atom. The number of benzene rings is 1. The van der Waals surface area contributed by atoms with Crippen molar-refractivity contribution in [3.8, 4) is 5.69 Å². The van der Waals surface area contributed by atoms with Crippen LogP contribution in [-0.2, 0) is 9.53 Å². The number of carbonyl (C=O) groups is 2.